The fraction of sp³-hybridized carbons (Fsp3) is 0.538. The minimum absolute atomic E-state index is 0.0279. The topological polar surface area (TPSA) is 189 Å². The number of unbranched alkanes of at least 4 members (excludes halogenated alkanes) is 2. The second-order valence-corrected chi connectivity index (χ2v) is 13.3. The van der Waals surface area contributed by atoms with E-state index in [9.17, 15) is 28.8 Å². The molecule has 1 fully saturated rings. The fourth-order valence-corrected chi connectivity index (χ4v) is 5.91. The number of aryl methyl sites for hydroxylation is 1. The van der Waals surface area contributed by atoms with Crippen LogP contribution in [0.2, 0.25) is 0 Å². The third-order valence-corrected chi connectivity index (χ3v) is 9.06. The van der Waals surface area contributed by atoms with Gasteiger partial charge >= 0.3 is 0 Å². The van der Waals surface area contributed by atoms with Gasteiger partial charge in [0.2, 0.25) is 23.6 Å². The molecule has 1 heterocycles. The third-order valence-electron chi connectivity index (χ3n) is 9.06. The van der Waals surface area contributed by atoms with E-state index in [1.807, 2.05) is 19.1 Å². The number of ketones is 1. The molecule has 0 aliphatic carbocycles. The van der Waals surface area contributed by atoms with E-state index in [-0.39, 0.29) is 31.0 Å². The average Bonchev–Trinajstić information content (AvgIpc) is 3.12. The van der Waals surface area contributed by atoms with E-state index in [1.54, 1.807) is 12.1 Å². The molecular formula is C39H56N6O6. The van der Waals surface area contributed by atoms with Gasteiger partial charge in [-0.3, -0.25) is 28.8 Å². The molecule has 0 bridgehead atoms. The predicted octanol–water partition coefficient (Wildman–Crippen LogP) is 3.46. The van der Waals surface area contributed by atoms with Gasteiger partial charge in [0.15, 0.2) is 5.78 Å². The largest absolute Gasteiger partial charge is 0.356 e. The Kier molecular flexibility index (Phi) is 17.3. The molecule has 1 saturated heterocycles. The molecule has 12 nitrogen and oxygen atoms in total. The van der Waals surface area contributed by atoms with E-state index in [2.05, 4.69) is 57.8 Å². The van der Waals surface area contributed by atoms with Crippen LogP contribution < -0.4 is 32.3 Å². The molecule has 0 radical (unpaired) electrons. The monoisotopic (exact) mass is 704 g/mol. The first-order chi connectivity index (χ1) is 24.6. The Bertz CT molecular complexity index is 1460. The summed E-state index contributed by atoms with van der Waals surface area (Å²) in [6.45, 7) is 6.25. The number of nitrogens with two attached hydrogens (primary N) is 1. The number of rotatable bonds is 15. The number of nitrogens with one attached hydrogen (secondary N) is 5. The SMILES string of the molecule is CCCCc1ccc(-c2ccc(C(=O)N[C@@H](CCCCN)C(=O)N[C@H]3CCC(=O)NCCC[C@@H](C(=O)CCC)NC(=O)[C@H](C)NC3=O)cc2)cc1. The first kappa shape index (κ1) is 40.8. The first-order valence-corrected chi connectivity index (χ1v) is 18.5. The maximum atomic E-state index is 13.7. The molecule has 4 atom stereocenters. The van der Waals surface area contributed by atoms with Gasteiger partial charge in [0.25, 0.3) is 5.91 Å². The van der Waals surface area contributed by atoms with Gasteiger partial charge in [0, 0.05) is 24.9 Å². The van der Waals surface area contributed by atoms with E-state index >= 15 is 0 Å². The highest BCUT2D eigenvalue weighted by Gasteiger charge is 2.30. The quantitative estimate of drug-likeness (QED) is 0.153. The summed E-state index contributed by atoms with van der Waals surface area (Å²) in [5.41, 5.74) is 9.35. The Morgan fingerprint density at radius 1 is 0.863 bits per heavy atom. The maximum absolute atomic E-state index is 13.7. The number of Topliss-reactive ketones (excluding diaryl/α,β-unsaturated/α-hetero) is 1. The van der Waals surface area contributed by atoms with Gasteiger partial charge in [-0.25, -0.2) is 0 Å². The van der Waals surface area contributed by atoms with Crippen LogP contribution in [0.25, 0.3) is 11.1 Å². The van der Waals surface area contributed by atoms with Crippen molar-refractivity contribution in [3.63, 3.8) is 0 Å². The highest BCUT2D eigenvalue weighted by molar-refractivity contribution is 5.99. The van der Waals surface area contributed by atoms with Crippen molar-refractivity contribution in [2.75, 3.05) is 13.1 Å². The van der Waals surface area contributed by atoms with Crippen molar-refractivity contribution < 1.29 is 28.8 Å². The number of benzene rings is 2. The third kappa shape index (κ3) is 13.6. The molecule has 5 amide bonds. The summed E-state index contributed by atoms with van der Waals surface area (Å²) >= 11 is 0. The van der Waals surface area contributed by atoms with Crippen molar-refractivity contribution in [1.82, 2.24) is 26.6 Å². The van der Waals surface area contributed by atoms with Crippen LogP contribution in [0.5, 0.6) is 0 Å². The highest BCUT2D eigenvalue weighted by atomic mass is 16.2. The van der Waals surface area contributed by atoms with Crippen LogP contribution >= 0.6 is 0 Å². The summed E-state index contributed by atoms with van der Waals surface area (Å²) in [6, 6.07) is 11.6. The van der Waals surface area contributed by atoms with Crippen molar-refractivity contribution in [1.29, 1.82) is 0 Å². The highest BCUT2D eigenvalue weighted by Crippen LogP contribution is 2.21. The number of hydrogen-bond acceptors (Lipinski definition) is 7. The summed E-state index contributed by atoms with van der Waals surface area (Å²) in [6.07, 6.45) is 6.45. The van der Waals surface area contributed by atoms with Gasteiger partial charge in [0.1, 0.15) is 18.1 Å². The number of carbonyl (C=O) groups excluding carboxylic acids is 6. The van der Waals surface area contributed by atoms with E-state index in [0.717, 1.165) is 30.4 Å². The predicted molar refractivity (Wildman–Crippen MR) is 198 cm³/mol. The normalized spacial score (nSPS) is 19.5. The summed E-state index contributed by atoms with van der Waals surface area (Å²) in [7, 11) is 0. The lowest BCUT2D eigenvalue weighted by Crippen LogP contribution is -2.57. The number of carbonyl (C=O) groups is 6. The van der Waals surface area contributed by atoms with E-state index in [0.29, 0.717) is 57.2 Å². The van der Waals surface area contributed by atoms with Crippen LogP contribution in [-0.4, -0.2) is 72.6 Å². The van der Waals surface area contributed by atoms with Crippen LogP contribution in [0.3, 0.4) is 0 Å². The molecule has 2 aromatic rings. The molecule has 0 spiro atoms. The van der Waals surface area contributed by atoms with Gasteiger partial charge in [-0.15, -0.1) is 0 Å². The summed E-state index contributed by atoms with van der Waals surface area (Å²) in [4.78, 5) is 78.8. The first-order valence-electron chi connectivity index (χ1n) is 18.5. The average molecular weight is 705 g/mol. The van der Waals surface area contributed by atoms with Crippen molar-refractivity contribution >= 4 is 35.3 Å². The standard InChI is InChI=1S/C39H56N6O6/c1-4-6-11-27-14-16-28(17-15-27)29-18-20-30(21-19-29)37(49)44-32(12-7-8-24-40)39(51)45-33-22-23-35(47)41-25-9-13-31(34(46)10-5-2)43-36(48)26(3)42-38(33)50/h14-21,26,31-33H,4-13,22-25,40H2,1-3H3,(H,41,47)(H,42,50)(H,43,48)(H,44,49)(H,45,51)/t26-,31-,32-,33-/m0/s1. The zero-order chi connectivity index (χ0) is 37.2. The van der Waals surface area contributed by atoms with Gasteiger partial charge in [-0.05, 0) is 100 Å². The number of hydrogen-bond donors (Lipinski definition) is 6. The Morgan fingerprint density at radius 2 is 1.55 bits per heavy atom. The Balaban J connectivity index is 1.73. The van der Waals surface area contributed by atoms with Crippen molar-refractivity contribution in [2.45, 2.75) is 122 Å². The lowest BCUT2D eigenvalue weighted by molar-refractivity contribution is -0.134. The van der Waals surface area contributed by atoms with Crippen LogP contribution in [0.4, 0.5) is 0 Å². The summed E-state index contributed by atoms with van der Waals surface area (Å²) in [5, 5.41) is 13.7. The van der Waals surface area contributed by atoms with E-state index in [4.69, 9.17) is 5.73 Å². The molecule has 12 heteroatoms. The fourth-order valence-electron chi connectivity index (χ4n) is 5.91. The zero-order valence-electron chi connectivity index (χ0n) is 30.4. The van der Waals surface area contributed by atoms with Gasteiger partial charge < -0.3 is 32.3 Å². The van der Waals surface area contributed by atoms with Crippen LogP contribution in [0, 0.1) is 0 Å². The van der Waals surface area contributed by atoms with E-state index < -0.39 is 47.8 Å². The zero-order valence-corrected chi connectivity index (χ0v) is 30.4. The molecule has 1 aliphatic rings. The van der Waals surface area contributed by atoms with Crippen molar-refractivity contribution in [3.05, 3.63) is 59.7 Å². The Labute approximate surface area is 301 Å². The second kappa shape index (κ2) is 21.6. The minimum Gasteiger partial charge on any atom is -0.356 e. The van der Waals surface area contributed by atoms with Gasteiger partial charge in [0.05, 0.1) is 6.04 Å². The molecule has 51 heavy (non-hydrogen) atoms. The van der Waals surface area contributed by atoms with Crippen LogP contribution in [0.1, 0.15) is 107 Å². The lowest BCUT2D eigenvalue weighted by Gasteiger charge is -2.26. The van der Waals surface area contributed by atoms with Crippen LogP contribution in [-0.2, 0) is 30.4 Å². The summed E-state index contributed by atoms with van der Waals surface area (Å²) < 4.78 is 0. The molecule has 7 N–H and O–H groups in total. The summed E-state index contributed by atoms with van der Waals surface area (Å²) in [5.74, 6) is -2.64. The van der Waals surface area contributed by atoms with Crippen molar-refractivity contribution in [2.24, 2.45) is 5.73 Å². The van der Waals surface area contributed by atoms with Crippen LogP contribution in [0.15, 0.2) is 48.5 Å². The molecule has 0 saturated carbocycles. The van der Waals surface area contributed by atoms with Gasteiger partial charge in [-0.1, -0.05) is 56.7 Å². The number of amides is 5. The Hall–Kier alpha value is -4.58. The Morgan fingerprint density at radius 3 is 2.20 bits per heavy atom. The second-order valence-electron chi connectivity index (χ2n) is 13.3. The molecule has 3 rings (SSSR count). The minimum atomic E-state index is -1.17. The van der Waals surface area contributed by atoms with Crippen molar-refractivity contribution in [3.8, 4) is 11.1 Å². The smallest absolute Gasteiger partial charge is 0.251 e. The van der Waals surface area contributed by atoms with Gasteiger partial charge in [-0.2, -0.15) is 0 Å². The lowest BCUT2D eigenvalue weighted by atomic mass is 10.0. The molecule has 0 aromatic heterocycles. The molecule has 1 aliphatic heterocycles. The molecule has 2 aromatic carbocycles. The maximum Gasteiger partial charge on any atom is 0.251 e. The molecular weight excluding hydrogens is 648 g/mol. The molecule has 278 valence electrons. The van der Waals surface area contributed by atoms with E-state index in [1.165, 1.54) is 12.5 Å². The molecule has 0 unspecified atom stereocenters.